The van der Waals surface area contributed by atoms with E-state index in [2.05, 4.69) is 5.32 Å². The summed E-state index contributed by atoms with van der Waals surface area (Å²) in [5.41, 5.74) is 0.511. The number of esters is 1. The van der Waals surface area contributed by atoms with Crippen LogP contribution in [0, 0.1) is 0 Å². The quantitative estimate of drug-likeness (QED) is 0.645. The molecule has 0 aromatic heterocycles. The van der Waals surface area contributed by atoms with E-state index >= 15 is 0 Å². The van der Waals surface area contributed by atoms with Crippen molar-refractivity contribution in [2.75, 3.05) is 32.2 Å². The van der Waals surface area contributed by atoms with Crippen LogP contribution in [0.1, 0.15) is 13.3 Å². The van der Waals surface area contributed by atoms with Gasteiger partial charge >= 0.3 is 5.97 Å². The van der Waals surface area contributed by atoms with E-state index in [4.69, 9.17) is 18.9 Å². The second kappa shape index (κ2) is 10.7. The van der Waals surface area contributed by atoms with Crippen LogP contribution in [0.3, 0.4) is 0 Å². The van der Waals surface area contributed by atoms with Crippen LogP contribution < -0.4 is 19.5 Å². The molecule has 0 unspecified atom stereocenters. The average molecular weight is 373 g/mol. The SMILES string of the molecule is CCOc1ccccc1OCCC(=O)OCC(=O)Nc1ccccc1OC. The summed E-state index contributed by atoms with van der Waals surface area (Å²) in [7, 11) is 1.51. The van der Waals surface area contributed by atoms with Crippen LogP contribution >= 0.6 is 0 Å². The van der Waals surface area contributed by atoms with E-state index in [1.54, 1.807) is 36.4 Å². The molecule has 27 heavy (non-hydrogen) atoms. The molecule has 2 aromatic carbocycles. The first-order valence-corrected chi connectivity index (χ1v) is 8.57. The van der Waals surface area contributed by atoms with E-state index in [0.29, 0.717) is 29.5 Å². The second-order valence-electron chi connectivity index (χ2n) is 5.39. The van der Waals surface area contributed by atoms with Crippen molar-refractivity contribution in [3.05, 3.63) is 48.5 Å². The van der Waals surface area contributed by atoms with Gasteiger partial charge in [-0.15, -0.1) is 0 Å². The molecule has 7 nitrogen and oxygen atoms in total. The Bertz CT molecular complexity index is 762. The van der Waals surface area contributed by atoms with E-state index in [9.17, 15) is 9.59 Å². The van der Waals surface area contributed by atoms with Crippen molar-refractivity contribution in [1.82, 2.24) is 0 Å². The molecule has 0 aliphatic heterocycles. The molecule has 0 heterocycles. The molecule has 0 atom stereocenters. The van der Waals surface area contributed by atoms with E-state index in [1.807, 2.05) is 19.1 Å². The molecule has 0 radical (unpaired) electrons. The zero-order chi connectivity index (χ0) is 19.5. The molecule has 0 spiro atoms. The maximum Gasteiger partial charge on any atom is 0.309 e. The zero-order valence-electron chi connectivity index (χ0n) is 15.4. The Morgan fingerprint density at radius 2 is 1.56 bits per heavy atom. The van der Waals surface area contributed by atoms with Crippen LogP contribution in [0.15, 0.2) is 48.5 Å². The smallest absolute Gasteiger partial charge is 0.309 e. The molecule has 1 N–H and O–H groups in total. The normalized spacial score (nSPS) is 10.0. The minimum absolute atomic E-state index is 0.0163. The Labute approximate surface area is 158 Å². The minimum atomic E-state index is -0.529. The first kappa shape index (κ1) is 20.1. The lowest BCUT2D eigenvalue weighted by atomic mass is 10.3. The summed E-state index contributed by atoms with van der Waals surface area (Å²) in [6.45, 7) is 2.14. The van der Waals surface area contributed by atoms with Crippen molar-refractivity contribution in [3.8, 4) is 17.2 Å². The summed E-state index contributed by atoms with van der Waals surface area (Å²) < 4.78 is 21.1. The molecule has 0 bridgehead atoms. The number of hydrogen-bond donors (Lipinski definition) is 1. The molecule has 7 heteroatoms. The number of benzene rings is 2. The molecule has 0 fully saturated rings. The molecular weight excluding hydrogens is 350 g/mol. The first-order valence-electron chi connectivity index (χ1n) is 8.57. The van der Waals surface area contributed by atoms with Gasteiger partial charge < -0.3 is 24.3 Å². The second-order valence-corrected chi connectivity index (χ2v) is 5.39. The van der Waals surface area contributed by atoms with Gasteiger partial charge in [-0.25, -0.2) is 0 Å². The van der Waals surface area contributed by atoms with Gasteiger partial charge in [-0.05, 0) is 31.2 Å². The summed E-state index contributed by atoms with van der Waals surface area (Å²) >= 11 is 0. The topological polar surface area (TPSA) is 83.1 Å². The predicted molar refractivity (Wildman–Crippen MR) is 100 cm³/mol. The molecule has 0 aliphatic rings. The highest BCUT2D eigenvalue weighted by molar-refractivity contribution is 5.94. The van der Waals surface area contributed by atoms with Gasteiger partial charge in [-0.3, -0.25) is 9.59 Å². The van der Waals surface area contributed by atoms with Crippen molar-refractivity contribution >= 4 is 17.6 Å². The van der Waals surface area contributed by atoms with Gasteiger partial charge in [0, 0.05) is 0 Å². The largest absolute Gasteiger partial charge is 0.495 e. The minimum Gasteiger partial charge on any atom is -0.495 e. The lowest BCUT2D eigenvalue weighted by Crippen LogP contribution is -2.22. The summed E-state index contributed by atoms with van der Waals surface area (Å²) in [5, 5.41) is 2.63. The van der Waals surface area contributed by atoms with Crippen LogP contribution in [-0.4, -0.2) is 38.8 Å². The van der Waals surface area contributed by atoms with Gasteiger partial charge in [0.05, 0.1) is 32.4 Å². The molecule has 144 valence electrons. The summed E-state index contributed by atoms with van der Waals surface area (Å²) in [4.78, 5) is 23.7. The highest BCUT2D eigenvalue weighted by Gasteiger charge is 2.11. The number of anilines is 1. The maximum absolute atomic E-state index is 11.9. The third-order valence-corrected chi connectivity index (χ3v) is 3.46. The van der Waals surface area contributed by atoms with Crippen LogP contribution in [-0.2, 0) is 14.3 Å². The van der Waals surface area contributed by atoms with Crippen LogP contribution in [0.4, 0.5) is 5.69 Å². The Balaban J connectivity index is 1.72. The standard InChI is InChI=1S/C20H23NO6/c1-3-25-17-10-6-7-11-18(17)26-13-12-20(23)27-14-19(22)21-15-8-4-5-9-16(15)24-2/h4-11H,3,12-14H2,1-2H3,(H,21,22). The number of rotatable bonds is 10. The summed E-state index contributed by atoms with van der Waals surface area (Å²) in [6.07, 6.45) is 0.0163. The highest BCUT2D eigenvalue weighted by Crippen LogP contribution is 2.26. The average Bonchev–Trinajstić information content (AvgIpc) is 2.68. The fourth-order valence-corrected chi connectivity index (χ4v) is 2.24. The Kier molecular flexibility index (Phi) is 7.96. The Morgan fingerprint density at radius 3 is 2.22 bits per heavy atom. The van der Waals surface area contributed by atoms with E-state index in [1.165, 1.54) is 7.11 Å². The maximum atomic E-state index is 11.9. The number of amides is 1. The Hall–Kier alpha value is -3.22. The van der Waals surface area contributed by atoms with Gasteiger partial charge in [0.1, 0.15) is 5.75 Å². The van der Waals surface area contributed by atoms with Crippen molar-refractivity contribution in [2.24, 2.45) is 0 Å². The van der Waals surface area contributed by atoms with Crippen molar-refractivity contribution in [2.45, 2.75) is 13.3 Å². The first-order chi connectivity index (χ1) is 13.1. The zero-order valence-corrected chi connectivity index (χ0v) is 15.4. The molecule has 0 saturated carbocycles. The summed E-state index contributed by atoms with van der Waals surface area (Å²) in [6, 6.07) is 14.2. The number of para-hydroxylation sites is 4. The number of ether oxygens (including phenoxy) is 4. The van der Waals surface area contributed by atoms with Crippen LogP contribution in [0.5, 0.6) is 17.2 Å². The van der Waals surface area contributed by atoms with Crippen molar-refractivity contribution < 1.29 is 28.5 Å². The number of hydrogen-bond acceptors (Lipinski definition) is 6. The van der Waals surface area contributed by atoms with Gasteiger partial charge in [0.2, 0.25) is 0 Å². The molecular formula is C20H23NO6. The highest BCUT2D eigenvalue weighted by atomic mass is 16.5. The van der Waals surface area contributed by atoms with Gasteiger partial charge in [-0.2, -0.15) is 0 Å². The summed E-state index contributed by atoms with van der Waals surface area (Å²) in [5.74, 6) is 0.721. The predicted octanol–water partition coefficient (Wildman–Crippen LogP) is 3.04. The Morgan fingerprint density at radius 1 is 0.926 bits per heavy atom. The number of methoxy groups -OCH3 is 1. The number of nitrogens with one attached hydrogen (secondary N) is 1. The van der Waals surface area contributed by atoms with Crippen molar-refractivity contribution in [1.29, 1.82) is 0 Å². The molecule has 0 saturated heterocycles. The van der Waals surface area contributed by atoms with Gasteiger partial charge in [-0.1, -0.05) is 24.3 Å². The van der Waals surface area contributed by atoms with Crippen LogP contribution in [0.2, 0.25) is 0 Å². The monoisotopic (exact) mass is 373 g/mol. The van der Waals surface area contributed by atoms with Gasteiger partial charge in [0.25, 0.3) is 5.91 Å². The number of carbonyl (C=O) groups excluding carboxylic acids is 2. The fraction of sp³-hybridized carbons (Fsp3) is 0.300. The van der Waals surface area contributed by atoms with E-state index in [-0.39, 0.29) is 19.6 Å². The molecule has 1 amide bonds. The third kappa shape index (κ3) is 6.54. The van der Waals surface area contributed by atoms with Crippen LogP contribution in [0.25, 0.3) is 0 Å². The molecule has 2 rings (SSSR count). The fourth-order valence-electron chi connectivity index (χ4n) is 2.24. The van der Waals surface area contributed by atoms with E-state index in [0.717, 1.165) is 0 Å². The lowest BCUT2D eigenvalue weighted by molar-refractivity contribution is -0.147. The molecule has 2 aromatic rings. The number of carbonyl (C=O) groups is 2. The third-order valence-electron chi connectivity index (χ3n) is 3.46. The van der Waals surface area contributed by atoms with Crippen molar-refractivity contribution in [3.63, 3.8) is 0 Å². The van der Waals surface area contributed by atoms with E-state index < -0.39 is 11.9 Å². The molecule has 0 aliphatic carbocycles. The van der Waals surface area contributed by atoms with Gasteiger partial charge in [0.15, 0.2) is 18.1 Å². The lowest BCUT2D eigenvalue weighted by Gasteiger charge is -2.12.